The van der Waals surface area contributed by atoms with Gasteiger partial charge in [0, 0.05) is 5.56 Å². The average Bonchev–Trinajstić information content (AvgIpc) is 3.00. The van der Waals surface area contributed by atoms with Gasteiger partial charge < -0.3 is 9.47 Å². The fourth-order valence-corrected chi connectivity index (χ4v) is 3.59. The zero-order chi connectivity index (χ0) is 21.0. The summed E-state index contributed by atoms with van der Waals surface area (Å²) in [5.74, 6) is -0.999. The number of nitrogens with zero attached hydrogens (tertiary/aromatic N) is 1. The highest BCUT2D eigenvalue weighted by Crippen LogP contribution is 2.34. The third-order valence-electron chi connectivity index (χ3n) is 4.28. The highest BCUT2D eigenvalue weighted by atomic mass is 32.2. The van der Waals surface area contributed by atoms with Crippen LogP contribution in [0.1, 0.15) is 18.1 Å². The van der Waals surface area contributed by atoms with Crippen LogP contribution in [-0.2, 0) is 20.9 Å². The normalized spacial score (nSPS) is 16.2. The molecule has 0 N–H and O–H groups in total. The second-order valence-electron chi connectivity index (χ2n) is 6.20. The lowest BCUT2D eigenvalue weighted by Crippen LogP contribution is -2.42. The molecule has 0 radical (unpaired) electrons. The first-order valence-electron chi connectivity index (χ1n) is 8.72. The Kier molecular flexibility index (Phi) is 6.33. The van der Waals surface area contributed by atoms with Gasteiger partial charge in [-0.15, -0.1) is 0 Å². The van der Waals surface area contributed by atoms with Crippen molar-refractivity contribution in [2.24, 2.45) is 0 Å². The van der Waals surface area contributed by atoms with Crippen LogP contribution in [0.5, 0.6) is 5.75 Å². The molecule has 1 heterocycles. The molecule has 0 unspecified atom stereocenters. The molecule has 0 bridgehead atoms. The Morgan fingerprint density at radius 1 is 1.17 bits per heavy atom. The molecule has 1 atom stereocenters. The highest BCUT2D eigenvalue weighted by Gasteiger charge is 2.41. The van der Waals surface area contributed by atoms with Gasteiger partial charge >= 0.3 is 5.97 Å². The molecule has 2 aromatic carbocycles. The van der Waals surface area contributed by atoms with Crippen molar-refractivity contribution in [1.82, 2.24) is 4.90 Å². The molecule has 2 aromatic rings. The fraction of sp³-hybridized carbons (Fsp3) is 0.190. The number of carbonyl (C=O) groups is 3. The van der Waals surface area contributed by atoms with Crippen LogP contribution in [0.4, 0.5) is 9.18 Å². The minimum Gasteiger partial charge on any atom is -0.489 e. The largest absolute Gasteiger partial charge is 0.489 e. The Morgan fingerprint density at radius 2 is 1.86 bits per heavy atom. The number of carbonyl (C=O) groups excluding carboxylic acids is 3. The summed E-state index contributed by atoms with van der Waals surface area (Å²) in [4.78, 5) is 37.3. The number of rotatable bonds is 6. The summed E-state index contributed by atoms with van der Waals surface area (Å²) in [7, 11) is 1.20. The summed E-state index contributed by atoms with van der Waals surface area (Å²) in [6, 6.07) is 12.2. The SMILES string of the molecule is COC(=O)[C@@H](C)N1C(=O)S/C(=C/c2ccc(OCc3ccccc3F)cc2)C1=O. The number of thioether (sulfide) groups is 1. The Hall–Kier alpha value is -3.13. The van der Waals surface area contributed by atoms with Crippen molar-refractivity contribution in [3.05, 3.63) is 70.4 Å². The van der Waals surface area contributed by atoms with Crippen molar-refractivity contribution in [3.8, 4) is 5.75 Å². The zero-order valence-corrected chi connectivity index (χ0v) is 16.6. The van der Waals surface area contributed by atoms with Crippen molar-refractivity contribution >= 4 is 35.0 Å². The summed E-state index contributed by atoms with van der Waals surface area (Å²) in [5.41, 5.74) is 1.13. The third kappa shape index (κ3) is 4.65. The first-order valence-corrected chi connectivity index (χ1v) is 9.53. The Labute approximate surface area is 171 Å². The lowest BCUT2D eigenvalue weighted by Gasteiger charge is -2.18. The molecular formula is C21H18FNO5S. The average molecular weight is 415 g/mol. The predicted octanol–water partition coefficient (Wildman–Crippen LogP) is 4.00. The molecular weight excluding hydrogens is 397 g/mol. The Morgan fingerprint density at radius 3 is 2.52 bits per heavy atom. The van der Waals surface area contributed by atoms with Gasteiger partial charge in [-0.2, -0.15) is 0 Å². The minimum absolute atomic E-state index is 0.0936. The van der Waals surface area contributed by atoms with Gasteiger partial charge in [-0.3, -0.25) is 14.5 Å². The molecule has 1 fully saturated rings. The quantitative estimate of drug-likeness (QED) is 0.525. The maximum Gasteiger partial charge on any atom is 0.328 e. The molecule has 150 valence electrons. The maximum atomic E-state index is 13.6. The van der Waals surface area contributed by atoms with Crippen LogP contribution in [0.25, 0.3) is 6.08 Å². The molecule has 8 heteroatoms. The van der Waals surface area contributed by atoms with Crippen molar-refractivity contribution in [2.45, 2.75) is 19.6 Å². The summed E-state index contributed by atoms with van der Waals surface area (Å²) in [6.45, 7) is 1.53. The highest BCUT2D eigenvalue weighted by molar-refractivity contribution is 8.18. The molecule has 0 saturated carbocycles. The van der Waals surface area contributed by atoms with Crippen LogP contribution in [-0.4, -0.2) is 35.2 Å². The first-order chi connectivity index (χ1) is 13.9. The van der Waals surface area contributed by atoms with Crippen LogP contribution in [0.2, 0.25) is 0 Å². The predicted molar refractivity (Wildman–Crippen MR) is 106 cm³/mol. The molecule has 1 aliphatic rings. The molecule has 0 spiro atoms. The van der Waals surface area contributed by atoms with Crippen LogP contribution in [0.15, 0.2) is 53.4 Å². The second kappa shape index (κ2) is 8.91. The van der Waals surface area contributed by atoms with Gasteiger partial charge in [-0.25, -0.2) is 9.18 Å². The van der Waals surface area contributed by atoms with Crippen molar-refractivity contribution in [1.29, 1.82) is 0 Å². The standard InChI is InChI=1S/C21H18FNO5S/c1-13(20(25)27-2)23-19(24)18(29-21(23)26)11-14-7-9-16(10-8-14)28-12-15-5-3-4-6-17(15)22/h3-11,13H,12H2,1-2H3/b18-11+/t13-/m1/s1. The summed E-state index contributed by atoms with van der Waals surface area (Å²) in [5, 5.41) is -0.524. The van der Waals surface area contributed by atoms with Gasteiger partial charge in [-0.05, 0) is 48.5 Å². The van der Waals surface area contributed by atoms with E-state index in [0.717, 1.165) is 16.7 Å². The van der Waals surface area contributed by atoms with Crippen LogP contribution in [0, 0.1) is 5.82 Å². The van der Waals surface area contributed by atoms with Crippen LogP contribution >= 0.6 is 11.8 Å². The molecule has 6 nitrogen and oxygen atoms in total. The van der Waals surface area contributed by atoms with Gasteiger partial charge in [0.15, 0.2) is 0 Å². The van der Waals surface area contributed by atoms with E-state index in [0.29, 0.717) is 16.9 Å². The summed E-state index contributed by atoms with van der Waals surface area (Å²) >= 11 is 0.764. The van der Waals surface area contributed by atoms with Gasteiger partial charge in [0.25, 0.3) is 11.1 Å². The van der Waals surface area contributed by atoms with Gasteiger partial charge in [0.1, 0.15) is 24.2 Å². The van der Waals surface area contributed by atoms with E-state index in [4.69, 9.17) is 4.74 Å². The van der Waals surface area contributed by atoms with Crippen molar-refractivity contribution < 1.29 is 28.2 Å². The molecule has 0 aromatic heterocycles. The second-order valence-corrected chi connectivity index (χ2v) is 7.19. The maximum absolute atomic E-state index is 13.6. The molecule has 1 aliphatic heterocycles. The number of esters is 1. The molecule has 0 aliphatic carbocycles. The lowest BCUT2D eigenvalue weighted by molar-refractivity contribution is -0.148. The topological polar surface area (TPSA) is 72.9 Å². The Balaban J connectivity index is 1.68. The van der Waals surface area contributed by atoms with E-state index in [1.807, 2.05) is 0 Å². The van der Waals surface area contributed by atoms with E-state index < -0.39 is 23.2 Å². The summed E-state index contributed by atoms with van der Waals surface area (Å²) < 4.78 is 23.8. The fourth-order valence-electron chi connectivity index (χ4n) is 2.68. The number of halogens is 1. The van der Waals surface area contributed by atoms with E-state index in [9.17, 15) is 18.8 Å². The number of benzene rings is 2. The van der Waals surface area contributed by atoms with E-state index in [1.165, 1.54) is 20.1 Å². The van der Waals surface area contributed by atoms with E-state index in [1.54, 1.807) is 48.5 Å². The zero-order valence-electron chi connectivity index (χ0n) is 15.8. The monoisotopic (exact) mass is 415 g/mol. The number of amides is 2. The van der Waals surface area contributed by atoms with Gasteiger partial charge in [0.05, 0.1) is 12.0 Å². The minimum atomic E-state index is -0.993. The molecule has 1 saturated heterocycles. The summed E-state index contributed by atoms with van der Waals surface area (Å²) in [6.07, 6.45) is 1.57. The molecule has 29 heavy (non-hydrogen) atoms. The van der Waals surface area contributed by atoms with Gasteiger partial charge in [-0.1, -0.05) is 30.3 Å². The number of ether oxygens (including phenoxy) is 2. The smallest absolute Gasteiger partial charge is 0.328 e. The first kappa shape index (κ1) is 20.6. The van der Waals surface area contributed by atoms with E-state index >= 15 is 0 Å². The lowest BCUT2D eigenvalue weighted by atomic mass is 10.2. The van der Waals surface area contributed by atoms with Crippen molar-refractivity contribution in [2.75, 3.05) is 7.11 Å². The number of hydrogen-bond acceptors (Lipinski definition) is 6. The number of methoxy groups -OCH3 is 1. The molecule has 2 amide bonds. The van der Waals surface area contributed by atoms with Crippen LogP contribution in [0.3, 0.4) is 0 Å². The van der Waals surface area contributed by atoms with E-state index in [2.05, 4.69) is 4.74 Å². The van der Waals surface area contributed by atoms with Crippen molar-refractivity contribution in [3.63, 3.8) is 0 Å². The Bertz CT molecular complexity index is 973. The number of hydrogen-bond donors (Lipinski definition) is 0. The molecule has 3 rings (SSSR count). The third-order valence-corrected chi connectivity index (χ3v) is 5.17. The number of imide groups is 1. The van der Waals surface area contributed by atoms with E-state index in [-0.39, 0.29) is 17.3 Å². The van der Waals surface area contributed by atoms with Crippen LogP contribution < -0.4 is 4.74 Å². The van der Waals surface area contributed by atoms with Gasteiger partial charge in [0.2, 0.25) is 0 Å².